The quantitative estimate of drug-likeness (QED) is 0.268. The van der Waals surface area contributed by atoms with Gasteiger partial charge in [0.2, 0.25) is 11.8 Å². The molecule has 0 spiro atoms. The number of likely N-dealkylation sites (tertiary alicyclic amines) is 1. The van der Waals surface area contributed by atoms with Crippen molar-refractivity contribution in [3.8, 4) is 0 Å². The largest absolute Gasteiger partial charge is 0.481 e. The summed E-state index contributed by atoms with van der Waals surface area (Å²) < 4.78 is 13.2. The maximum atomic E-state index is 13.5. The van der Waals surface area contributed by atoms with Crippen LogP contribution >= 0.6 is 23.2 Å². The predicted molar refractivity (Wildman–Crippen MR) is 153 cm³/mol. The van der Waals surface area contributed by atoms with Gasteiger partial charge in [-0.05, 0) is 23.8 Å². The molecule has 0 radical (unpaired) electrons. The highest BCUT2D eigenvalue weighted by Crippen LogP contribution is 2.36. The molecule has 4 aromatic rings. The number of nitrogens with one attached hydrogen (secondary N) is 1. The third-order valence-electron chi connectivity index (χ3n) is 7.23. The van der Waals surface area contributed by atoms with Gasteiger partial charge in [-0.25, -0.2) is 4.98 Å². The van der Waals surface area contributed by atoms with E-state index in [2.05, 4.69) is 10.3 Å². The van der Waals surface area contributed by atoms with Crippen LogP contribution in [0, 0.1) is 0 Å². The molecule has 10 nitrogen and oxygen atoms in total. The number of halogens is 2. The van der Waals surface area contributed by atoms with Gasteiger partial charge >= 0.3 is 5.97 Å². The Morgan fingerprint density at radius 3 is 2.73 bits per heavy atom. The van der Waals surface area contributed by atoms with E-state index in [0.29, 0.717) is 41.4 Å². The number of anilines is 1. The number of carboxylic acids is 1. The average Bonchev–Trinajstić information content (AvgIpc) is 3.67. The Labute approximate surface area is 245 Å². The van der Waals surface area contributed by atoms with Crippen LogP contribution in [0.2, 0.25) is 10.0 Å². The molecule has 1 aliphatic rings. The number of oxazole rings is 1. The van der Waals surface area contributed by atoms with Gasteiger partial charge in [0.05, 0.1) is 41.4 Å². The fourth-order valence-corrected chi connectivity index (χ4v) is 5.56. The van der Waals surface area contributed by atoms with Crippen molar-refractivity contribution in [2.75, 3.05) is 19.0 Å². The van der Waals surface area contributed by atoms with Crippen molar-refractivity contribution in [1.29, 1.82) is 0 Å². The van der Waals surface area contributed by atoms with Crippen LogP contribution in [0.1, 0.15) is 46.5 Å². The second kappa shape index (κ2) is 11.9. The van der Waals surface area contributed by atoms with Crippen molar-refractivity contribution in [1.82, 2.24) is 14.5 Å². The zero-order chi connectivity index (χ0) is 29.3. The second-order valence-corrected chi connectivity index (χ2v) is 10.8. The molecule has 2 aromatic carbocycles. The lowest BCUT2D eigenvalue weighted by Gasteiger charge is -2.22. The Balaban J connectivity index is 1.31. The molecule has 0 saturated carbocycles. The summed E-state index contributed by atoms with van der Waals surface area (Å²) in [6.07, 6.45) is 3.58. The van der Waals surface area contributed by atoms with Crippen LogP contribution in [-0.2, 0) is 34.2 Å². The van der Waals surface area contributed by atoms with E-state index >= 15 is 0 Å². The van der Waals surface area contributed by atoms with Gasteiger partial charge in [-0.15, -0.1) is 0 Å². The molecule has 1 fully saturated rings. The summed E-state index contributed by atoms with van der Waals surface area (Å²) in [6, 6.07) is 10.2. The van der Waals surface area contributed by atoms with Gasteiger partial charge in [-0.3, -0.25) is 14.4 Å². The second-order valence-electron chi connectivity index (χ2n) is 9.94. The van der Waals surface area contributed by atoms with Gasteiger partial charge < -0.3 is 29.0 Å². The van der Waals surface area contributed by atoms with Gasteiger partial charge in [0, 0.05) is 55.7 Å². The Hall–Kier alpha value is -3.86. The standard InChI is InChI=1S/C29H28Cl2N4O6/c1-34-15-20(19-5-3-4-6-24(19)34)28(39)33-23-12-21(30)16(9-22(23)31)10-26(36)35-14-18(40-2)11-25(35)29-32-13-17(41-29)7-8-27(37)38/h3-6,9,12-13,15,18,25H,7-8,10-11,14H2,1-2H3,(H,33,39)(H,37,38)/t18-,25-/m0/s1. The lowest BCUT2D eigenvalue weighted by molar-refractivity contribution is -0.137. The summed E-state index contributed by atoms with van der Waals surface area (Å²) in [5.74, 6) is -0.733. The number of carboxylic acid groups (broad SMARTS) is 1. The molecule has 3 heterocycles. The fourth-order valence-electron chi connectivity index (χ4n) is 5.10. The molecule has 2 amide bonds. The molecule has 214 valence electrons. The number of carbonyl (C=O) groups is 3. The smallest absolute Gasteiger partial charge is 0.303 e. The summed E-state index contributed by atoms with van der Waals surface area (Å²) in [4.78, 5) is 43.4. The van der Waals surface area contributed by atoms with Crippen molar-refractivity contribution in [2.45, 2.75) is 37.8 Å². The number of hydrogen-bond acceptors (Lipinski definition) is 6. The van der Waals surface area contributed by atoms with Gasteiger partial charge in [-0.1, -0.05) is 41.4 Å². The summed E-state index contributed by atoms with van der Waals surface area (Å²) >= 11 is 13.1. The first-order chi connectivity index (χ1) is 19.6. The number of rotatable bonds is 9. The first-order valence-corrected chi connectivity index (χ1v) is 13.7. The Morgan fingerprint density at radius 1 is 1.20 bits per heavy atom. The number of aryl methyl sites for hydroxylation is 2. The highest BCUT2D eigenvalue weighted by atomic mass is 35.5. The third-order valence-corrected chi connectivity index (χ3v) is 7.89. The fraction of sp³-hybridized carbons (Fsp3) is 0.310. The van der Waals surface area contributed by atoms with Crippen molar-refractivity contribution in [3.63, 3.8) is 0 Å². The molecular formula is C29H28Cl2N4O6. The number of para-hydroxylation sites is 1. The molecule has 0 bridgehead atoms. The minimum Gasteiger partial charge on any atom is -0.481 e. The number of ether oxygens (including phenoxy) is 1. The SMILES string of the molecule is CO[C@H]1C[C@@H](c2ncc(CCC(=O)O)o2)N(C(=O)Cc2cc(Cl)c(NC(=O)c3cn(C)c4ccccc34)cc2Cl)C1. The van der Waals surface area contributed by atoms with Gasteiger partial charge in [0.25, 0.3) is 5.91 Å². The lowest BCUT2D eigenvalue weighted by Crippen LogP contribution is -2.33. The van der Waals surface area contributed by atoms with E-state index in [1.54, 1.807) is 24.3 Å². The topological polar surface area (TPSA) is 127 Å². The molecule has 2 N–H and O–H groups in total. The van der Waals surface area contributed by atoms with Crippen LogP contribution in [0.3, 0.4) is 0 Å². The van der Waals surface area contributed by atoms with Crippen LogP contribution < -0.4 is 5.32 Å². The summed E-state index contributed by atoms with van der Waals surface area (Å²) in [6.45, 7) is 0.331. The first-order valence-electron chi connectivity index (χ1n) is 13.0. The highest BCUT2D eigenvalue weighted by molar-refractivity contribution is 6.36. The highest BCUT2D eigenvalue weighted by Gasteiger charge is 2.39. The third kappa shape index (κ3) is 6.09. The van der Waals surface area contributed by atoms with Crippen LogP contribution in [0.4, 0.5) is 5.69 Å². The number of aliphatic carboxylic acids is 1. The Morgan fingerprint density at radius 2 is 1.98 bits per heavy atom. The predicted octanol–water partition coefficient (Wildman–Crippen LogP) is 5.27. The van der Waals surface area contributed by atoms with Crippen LogP contribution in [0.25, 0.3) is 10.9 Å². The summed E-state index contributed by atoms with van der Waals surface area (Å²) in [5, 5.41) is 13.1. The first kappa shape index (κ1) is 28.7. The Bertz CT molecular complexity index is 1630. The molecule has 41 heavy (non-hydrogen) atoms. The molecule has 0 unspecified atom stereocenters. The molecule has 5 rings (SSSR count). The molecule has 1 saturated heterocycles. The Kier molecular flexibility index (Phi) is 8.35. The maximum absolute atomic E-state index is 13.5. The number of hydrogen-bond donors (Lipinski definition) is 2. The van der Waals surface area contributed by atoms with E-state index in [9.17, 15) is 14.4 Å². The molecule has 2 atom stereocenters. The lowest BCUT2D eigenvalue weighted by atomic mass is 10.1. The average molecular weight is 599 g/mol. The number of aromatic nitrogens is 2. The summed E-state index contributed by atoms with van der Waals surface area (Å²) in [5.41, 5.74) is 2.25. The molecule has 2 aromatic heterocycles. The number of fused-ring (bicyclic) bond motifs is 1. The van der Waals surface area contributed by atoms with E-state index in [0.717, 1.165) is 10.9 Å². The van der Waals surface area contributed by atoms with Crippen molar-refractivity contribution in [2.24, 2.45) is 7.05 Å². The number of nitrogens with zero attached hydrogens (tertiary/aromatic N) is 3. The van der Waals surface area contributed by atoms with E-state index in [4.69, 9.17) is 37.5 Å². The van der Waals surface area contributed by atoms with E-state index in [1.165, 1.54) is 12.3 Å². The monoisotopic (exact) mass is 598 g/mol. The van der Waals surface area contributed by atoms with E-state index in [-0.39, 0.29) is 47.2 Å². The minimum absolute atomic E-state index is 0.0460. The molecular weight excluding hydrogens is 571 g/mol. The normalized spacial score (nSPS) is 16.8. The van der Waals surface area contributed by atoms with Gasteiger partial charge in [-0.2, -0.15) is 0 Å². The zero-order valence-corrected chi connectivity index (χ0v) is 23.9. The minimum atomic E-state index is -0.935. The van der Waals surface area contributed by atoms with Gasteiger partial charge in [0.15, 0.2) is 0 Å². The van der Waals surface area contributed by atoms with E-state index < -0.39 is 12.0 Å². The van der Waals surface area contributed by atoms with Crippen LogP contribution in [0.5, 0.6) is 0 Å². The number of amides is 2. The van der Waals surface area contributed by atoms with Crippen molar-refractivity contribution >= 4 is 57.6 Å². The number of methoxy groups -OCH3 is 1. The van der Waals surface area contributed by atoms with Crippen LogP contribution in [-0.4, -0.2) is 57.1 Å². The zero-order valence-electron chi connectivity index (χ0n) is 22.4. The maximum Gasteiger partial charge on any atom is 0.303 e. The van der Waals surface area contributed by atoms with E-state index in [1.807, 2.05) is 35.9 Å². The van der Waals surface area contributed by atoms with Crippen LogP contribution in [0.15, 0.2) is 53.2 Å². The molecule has 0 aliphatic carbocycles. The molecule has 12 heteroatoms. The number of benzene rings is 2. The van der Waals surface area contributed by atoms with Gasteiger partial charge in [0.1, 0.15) is 11.8 Å². The van der Waals surface area contributed by atoms with Crippen molar-refractivity contribution < 1.29 is 28.6 Å². The summed E-state index contributed by atoms with van der Waals surface area (Å²) in [7, 11) is 3.44. The van der Waals surface area contributed by atoms with Crippen molar-refractivity contribution in [3.05, 3.63) is 81.6 Å². The number of carbonyl (C=O) groups excluding carboxylic acids is 2. The molecule has 1 aliphatic heterocycles.